The minimum absolute atomic E-state index is 0.352. The molecule has 0 fully saturated rings. The Morgan fingerprint density at radius 3 is 2.75 bits per heavy atom. The van der Waals surface area contributed by atoms with Gasteiger partial charge in [0.05, 0.1) is 23.5 Å². The fourth-order valence-corrected chi connectivity index (χ4v) is 2.13. The molecule has 6 heteroatoms. The van der Waals surface area contributed by atoms with E-state index < -0.39 is 5.82 Å². The van der Waals surface area contributed by atoms with Crippen LogP contribution in [-0.2, 0) is 6.54 Å². The minimum atomic E-state index is -0.406. The number of rotatable bonds is 5. The number of halogens is 1. The summed E-state index contributed by atoms with van der Waals surface area (Å²) in [6.07, 6.45) is 4.81. The molecule has 1 amide bonds. The predicted molar refractivity (Wildman–Crippen MR) is 90.2 cm³/mol. The molecule has 0 atom stereocenters. The van der Waals surface area contributed by atoms with Crippen molar-refractivity contribution in [2.24, 2.45) is 0 Å². The third kappa shape index (κ3) is 4.13. The maximum atomic E-state index is 13.2. The maximum Gasteiger partial charge on any atom is 0.257 e. The number of anilines is 2. The van der Waals surface area contributed by atoms with E-state index in [-0.39, 0.29) is 5.91 Å². The molecule has 0 saturated heterocycles. The summed E-state index contributed by atoms with van der Waals surface area (Å²) in [4.78, 5) is 20.5. The summed E-state index contributed by atoms with van der Waals surface area (Å²) < 4.78 is 13.2. The molecule has 0 aliphatic heterocycles. The quantitative estimate of drug-likeness (QED) is 0.755. The molecule has 0 aliphatic carbocycles. The Morgan fingerprint density at radius 1 is 1.04 bits per heavy atom. The molecule has 24 heavy (non-hydrogen) atoms. The number of nitrogens with zero attached hydrogens (tertiary/aromatic N) is 2. The van der Waals surface area contributed by atoms with Crippen LogP contribution in [0.15, 0.2) is 67.1 Å². The van der Waals surface area contributed by atoms with Gasteiger partial charge in [0, 0.05) is 24.3 Å². The van der Waals surface area contributed by atoms with Crippen molar-refractivity contribution in [3.8, 4) is 0 Å². The number of carbonyl (C=O) groups is 1. The van der Waals surface area contributed by atoms with Gasteiger partial charge in [0.25, 0.3) is 5.91 Å². The van der Waals surface area contributed by atoms with Crippen LogP contribution in [-0.4, -0.2) is 15.9 Å². The smallest absolute Gasteiger partial charge is 0.257 e. The van der Waals surface area contributed by atoms with Crippen LogP contribution >= 0.6 is 0 Å². The molecule has 0 unspecified atom stereocenters. The van der Waals surface area contributed by atoms with Gasteiger partial charge in [0.1, 0.15) is 5.82 Å². The Hall–Kier alpha value is -3.28. The zero-order valence-electron chi connectivity index (χ0n) is 12.7. The molecule has 3 rings (SSSR count). The Labute approximate surface area is 138 Å². The Morgan fingerprint density at radius 2 is 1.96 bits per heavy atom. The highest BCUT2D eigenvalue weighted by molar-refractivity contribution is 6.04. The molecular weight excluding hydrogens is 307 g/mol. The number of pyridine rings is 2. The largest absolute Gasteiger partial charge is 0.378 e. The standard InChI is InChI=1S/C18H15FN4O/c19-14-4-3-6-15(9-14)23-18(24)13-8-17(11-20-10-13)22-12-16-5-1-2-7-21-16/h1-11,22H,12H2,(H,23,24). The summed E-state index contributed by atoms with van der Waals surface area (Å²) >= 11 is 0. The molecule has 2 aromatic heterocycles. The van der Waals surface area contributed by atoms with Crippen molar-refractivity contribution in [1.82, 2.24) is 9.97 Å². The highest BCUT2D eigenvalue weighted by atomic mass is 19.1. The van der Waals surface area contributed by atoms with Gasteiger partial charge in [-0.15, -0.1) is 0 Å². The van der Waals surface area contributed by atoms with E-state index in [1.165, 1.54) is 24.4 Å². The van der Waals surface area contributed by atoms with Crippen molar-refractivity contribution in [2.75, 3.05) is 10.6 Å². The van der Waals surface area contributed by atoms with Crippen molar-refractivity contribution in [2.45, 2.75) is 6.54 Å². The first-order chi connectivity index (χ1) is 11.7. The maximum absolute atomic E-state index is 13.2. The Kier molecular flexibility index (Phi) is 4.76. The summed E-state index contributed by atoms with van der Waals surface area (Å²) in [6.45, 7) is 0.525. The SMILES string of the molecule is O=C(Nc1cccc(F)c1)c1cncc(NCc2ccccn2)c1. The van der Waals surface area contributed by atoms with Crippen molar-refractivity contribution >= 4 is 17.3 Å². The van der Waals surface area contributed by atoms with E-state index in [9.17, 15) is 9.18 Å². The summed E-state index contributed by atoms with van der Waals surface area (Å²) in [6, 6.07) is 13.1. The zero-order valence-corrected chi connectivity index (χ0v) is 12.7. The number of aromatic nitrogens is 2. The summed E-state index contributed by atoms with van der Waals surface area (Å²) in [5.74, 6) is -0.758. The molecule has 0 aliphatic rings. The molecule has 3 aromatic rings. The van der Waals surface area contributed by atoms with Gasteiger partial charge in [-0.25, -0.2) is 4.39 Å². The number of hydrogen-bond donors (Lipinski definition) is 2. The van der Waals surface area contributed by atoms with Crippen molar-refractivity contribution in [3.05, 3.63) is 84.2 Å². The monoisotopic (exact) mass is 322 g/mol. The van der Waals surface area contributed by atoms with Gasteiger partial charge in [-0.2, -0.15) is 0 Å². The number of nitrogens with one attached hydrogen (secondary N) is 2. The molecule has 0 spiro atoms. The summed E-state index contributed by atoms with van der Waals surface area (Å²) in [5, 5.41) is 5.81. The van der Waals surface area contributed by atoms with Gasteiger partial charge in [-0.05, 0) is 36.4 Å². The summed E-state index contributed by atoms with van der Waals surface area (Å²) in [7, 11) is 0. The van der Waals surface area contributed by atoms with Crippen LogP contribution in [0.25, 0.3) is 0 Å². The van der Waals surface area contributed by atoms with Crippen LogP contribution in [0, 0.1) is 5.82 Å². The van der Waals surface area contributed by atoms with Crippen molar-refractivity contribution < 1.29 is 9.18 Å². The lowest BCUT2D eigenvalue weighted by Gasteiger charge is -2.08. The summed E-state index contributed by atoms with van der Waals surface area (Å²) in [5.41, 5.74) is 2.36. The molecule has 2 N–H and O–H groups in total. The number of carbonyl (C=O) groups excluding carboxylic acids is 1. The van der Waals surface area contributed by atoms with Gasteiger partial charge in [-0.1, -0.05) is 12.1 Å². The first-order valence-electron chi connectivity index (χ1n) is 7.36. The number of amides is 1. The topological polar surface area (TPSA) is 66.9 Å². The highest BCUT2D eigenvalue weighted by Crippen LogP contribution is 2.14. The number of benzene rings is 1. The molecule has 5 nitrogen and oxygen atoms in total. The van der Waals surface area contributed by atoms with E-state index >= 15 is 0 Å². The lowest BCUT2D eigenvalue weighted by atomic mass is 10.2. The Balaban J connectivity index is 1.67. The van der Waals surface area contributed by atoms with E-state index in [0.29, 0.717) is 23.5 Å². The Bertz CT molecular complexity index is 839. The van der Waals surface area contributed by atoms with E-state index in [4.69, 9.17) is 0 Å². The zero-order chi connectivity index (χ0) is 16.8. The third-order valence-corrected chi connectivity index (χ3v) is 3.28. The molecule has 0 bridgehead atoms. The second kappa shape index (κ2) is 7.32. The van der Waals surface area contributed by atoms with Crippen LogP contribution in [0.5, 0.6) is 0 Å². The van der Waals surface area contributed by atoms with E-state index in [0.717, 1.165) is 5.69 Å². The van der Waals surface area contributed by atoms with E-state index in [1.54, 1.807) is 24.5 Å². The highest BCUT2D eigenvalue weighted by Gasteiger charge is 2.08. The van der Waals surface area contributed by atoms with Crippen LogP contribution in [0.2, 0.25) is 0 Å². The first kappa shape index (κ1) is 15.6. The third-order valence-electron chi connectivity index (χ3n) is 3.28. The van der Waals surface area contributed by atoms with Gasteiger partial charge in [-0.3, -0.25) is 14.8 Å². The van der Waals surface area contributed by atoms with Gasteiger partial charge in [0.15, 0.2) is 0 Å². The first-order valence-corrected chi connectivity index (χ1v) is 7.36. The lowest BCUT2D eigenvalue weighted by Crippen LogP contribution is -2.13. The molecule has 2 heterocycles. The van der Waals surface area contributed by atoms with E-state index in [1.807, 2.05) is 18.2 Å². The van der Waals surface area contributed by atoms with E-state index in [2.05, 4.69) is 20.6 Å². The average molecular weight is 322 g/mol. The lowest BCUT2D eigenvalue weighted by molar-refractivity contribution is 0.102. The second-order valence-electron chi connectivity index (χ2n) is 5.10. The van der Waals surface area contributed by atoms with Gasteiger partial charge < -0.3 is 10.6 Å². The fraction of sp³-hybridized carbons (Fsp3) is 0.0556. The van der Waals surface area contributed by atoms with Crippen molar-refractivity contribution in [1.29, 1.82) is 0 Å². The predicted octanol–water partition coefficient (Wildman–Crippen LogP) is 3.48. The van der Waals surface area contributed by atoms with Crippen LogP contribution < -0.4 is 10.6 Å². The van der Waals surface area contributed by atoms with Gasteiger partial charge >= 0.3 is 0 Å². The molecule has 0 saturated carbocycles. The van der Waals surface area contributed by atoms with Crippen LogP contribution in [0.3, 0.4) is 0 Å². The minimum Gasteiger partial charge on any atom is -0.378 e. The fourth-order valence-electron chi connectivity index (χ4n) is 2.13. The number of hydrogen-bond acceptors (Lipinski definition) is 4. The van der Waals surface area contributed by atoms with Gasteiger partial charge in [0.2, 0.25) is 0 Å². The van der Waals surface area contributed by atoms with Crippen molar-refractivity contribution in [3.63, 3.8) is 0 Å². The molecule has 0 radical (unpaired) electrons. The second-order valence-corrected chi connectivity index (χ2v) is 5.10. The normalized spacial score (nSPS) is 10.2. The average Bonchev–Trinajstić information content (AvgIpc) is 2.61. The van der Waals surface area contributed by atoms with Crippen LogP contribution in [0.1, 0.15) is 16.1 Å². The van der Waals surface area contributed by atoms with Crippen LogP contribution in [0.4, 0.5) is 15.8 Å². The molecule has 120 valence electrons. The molecular formula is C18H15FN4O. The molecule has 1 aromatic carbocycles.